The zero-order chi connectivity index (χ0) is 21.4. The molecule has 1 aromatic carbocycles. The third kappa shape index (κ3) is 3.32. The molecule has 0 saturated carbocycles. The SMILES string of the molecule is CC(=O)OCCc1c(C)c(C#N)c2nc3ccccn3c2c1C1CCCN1N(C)C. The van der Waals surface area contributed by atoms with E-state index in [9.17, 15) is 10.1 Å². The zero-order valence-electron chi connectivity index (χ0n) is 18.0. The van der Waals surface area contributed by atoms with E-state index in [4.69, 9.17) is 9.72 Å². The third-order valence-corrected chi connectivity index (χ3v) is 6.02. The van der Waals surface area contributed by atoms with Gasteiger partial charge in [0.15, 0.2) is 0 Å². The Morgan fingerprint density at radius 3 is 2.90 bits per heavy atom. The summed E-state index contributed by atoms with van der Waals surface area (Å²) in [7, 11) is 4.14. The molecule has 1 unspecified atom stereocenters. The van der Waals surface area contributed by atoms with Crippen molar-refractivity contribution in [3.63, 3.8) is 0 Å². The van der Waals surface area contributed by atoms with Gasteiger partial charge in [0.05, 0.1) is 23.7 Å². The molecule has 2 aromatic heterocycles. The van der Waals surface area contributed by atoms with Gasteiger partial charge in [-0.3, -0.25) is 9.20 Å². The number of imidazole rings is 1. The van der Waals surface area contributed by atoms with Crippen LogP contribution in [-0.2, 0) is 16.0 Å². The lowest BCUT2D eigenvalue weighted by molar-refractivity contribution is -0.140. The summed E-state index contributed by atoms with van der Waals surface area (Å²) in [6, 6.07) is 8.48. The lowest BCUT2D eigenvalue weighted by Gasteiger charge is -2.33. The van der Waals surface area contributed by atoms with E-state index in [1.165, 1.54) is 12.5 Å². The van der Waals surface area contributed by atoms with E-state index in [2.05, 4.69) is 34.6 Å². The van der Waals surface area contributed by atoms with Crippen LogP contribution in [0, 0.1) is 18.3 Å². The fourth-order valence-corrected chi connectivity index (χ4v) is 4.74. The van der Waals surface area contributed by atoms with Gasteiger partial charge in [0.1, 0.15) is 17.2 Å². The minimum absolute atomic E-state index is 0.182. The van der Waals surface area contributed by atoms with Crippen LogP contribution in [0.4, 0.5) is 0 Å². The number of ether oxygens (including phenoxy) is 1. The number of hydrazine groups is 1. The summed E-state index contributed by atoms with van der Waals surface area (Å²) in [6.45, 7) is 4.69. The van der Waals surface area contributed by atoms with Crippen molar-refractivity contribution in [1.29, 1.82) is 5.26 Å². The highest BCUT2D eigenvalue weighted by atomic mass is 16.5. The van der Waals surface area contributed by atoms with Gasteiger partial charge in [0, 0.05) is 45.7 Å². The van der Waals surface area contributed by atoms with Gasteiger partial charge in [-0.25, -0.2) is 15.0 Å². The minimum atomic E-state index is -0.290. The van der Waals surface area contributed by atoms with Crippen molar-refractivity contribution >= 4 is 22.6 Å². The van der Waals surface area contributed by atoms with Crippen LogP contribution in [0.25, 0.3) is 16.7 Å². The maximum Gasteiger partial charge on any atom is 0.302 e. The standard InChI is InChI=1S/C23H27N5O2/c1-15-17(10-13-30-16(2)29)21(19-8-7-12-28(19)26(3)4)23-22(18(15)14-24)25-20-9-5-6-11-27(20)23/h5-6,9,11,19H,7-8,10,12-13H2,1-4H3. The van der Waals surface area contributed by atoms with Crippen LogP contribution < -0.4 is 0 Å². The minimum Gasteiger partial charge on any atom is -0.466 e. The van der Waals surface area contributed by atoms with Crippen molar-refractivity contribution in [1.82, 2.24) is 19.4 Å². The molecule has 1 fully saturated rings. The lowest BCUT2D eigenvalue weighted by Crippen LogP contribution is -2.37. The van der Waals surface area contributed by atoms with E-state index in [1.54, 1.807) is 0 Å². The molecule has 0 N–H and O–H groups in total. The van der Waals surface area contributed by atoms with Gasteiger partial charge in [-0.15, -0.1) is 0 Å². The second-order valence-electron chi connectivity index (χ2n) is 8.00. The van der Waals surface area contributed by atoms with Crippen LogP contribution in [-0.4, -0.2) is 52.6 Å². The van der Waals surface area contributed by atoms with Crippen LogP contribution in [0.15, 0.2) is 24.4 Å². The molecule has 0 bridgehead atoms. The van der Waals surface area contributed by atoms with Crippen LogP contribution in [0.1, 0.15) is 48.1 Å². The summed E-state index contributed by atoms with van der Waals surface area (Å²) >= 11 is 0. The topological polar surface area (TPSA) is 73.9 Å². The van der Waals surface area contributed by atoms with Crippen LogP contribution >= 0.6 is 0 Å². The van der Waals surface area contributed by atoms with Gasteiger partial charge in [0.25, 0.3) is 0 Å². The molecule has 3 heterocycles. The molecule has 1 aliphatic rings. The second-order valence-corrected chi connectivity index (χ2v) is 8.00. The average Bonchev–Trinajstić information content (AvgIpc) is 3.33. The first-order valence-corrected chi connectivity index (χ1v) is 10.3. The fraction of sp³-hybridized carbons (Fsp3) is 0.435. The Morgan fingerprint density at radius 2 is 2.20 bits per heavy atom. The molecule has 7 nitrogen and oxygen atoms in total. The van der Waals surface area contributed by atoms with Gasteiger partial charge in [0.2, 0.25) is 0 Å². The fourth-order valence-electron chi connectivity index (χ4n) is 4.74. The molecule has 3 aromatic rings. The Bertz CT molecular complexity index is 1160. The number of hydrogen-bond acceptors (Lipinski definition) is 6. The summed E-state index contributed by atoms with van der Waals surface area (Å²) in [6.07, 6.45) is 4.71. The number of nitrogens with zero attached hydrogens (tertiary/aromatic N) is 5. The Balaban J connectivity index is 2.04. The number of benzene rings is 1. The molecule has 0 aliphatic carbocycles. The molecule has 1 saturated heterocycles. The van der Waals surface area contributed by atoms with E-state index in [0.717, 1.165) is 47.2 Å². The molecule has 0 amide bonds. The highest BCUT2D eigenvalue weighted by Crippen LogP contribution is 2.41. The van der Waals surface area contributed by atoms with Crippen LogP contribution in [0.3, 0.4) is 0 Å². The number of aromatic nitrogens is 2. The maximum absolute atomic E-state index is 11.4. The monoisotopic (exact) mass is 405 g/mol. The van der Waals surface area contributed by atoms with E-state index < -0.39 is 0 Å². The molecule has 1 aliphatic heterocycles. The van der Waals surface area contributed by atoms with Crippen molar-refractivity contribution in [3.8, 4) is 6.07 Å². The molecular formula is C23H27N5O2. The van der Waals surface area contributed by atoms with Crippen LogP contribution in [0.2, 0.25) is 0 Å². The Labute approximate surface area is 176 Å². The van der Waals surface area contributed by atoms with E-state index in [-0.39, 0.29) is 12.0 Å². The van der Waals surface area contributed by atoms with E-state index in [1.807, 2.05) is 31.3 Å². The number of rotatable bonds is 5. The van der Waals surface area contributed by atoms with Crippen molar-refractivity contribution in [2.24, 2.45) is 0 Å². The predicted molar refractivity (Wildman–Crippen MR) is 115 cm³/mol. The number of carbonyl (C=O) groups excluding carboxylic acids is 1. The number of pyridine rings is 1. The highest BCUT2D eigenvalue weighted by Gasteiger charge is 2.33. The van der Waals surface area contributed by atoms with Gasteiger partial charge in [-0.2, -0.15) is 5.26 Å². The number of esters is 1. The Hall–Kier alpha value is -2.95. The summed E-state index contributed by atoms with van der Waals surface area (Å²) < 4.78 is 7.37. The molecule has 7 heteroatoms. The third-order valence-electron chi connectivity index (χ3n) is 6.02. The number of fused-ring (bicyclic) bond motifs is 3. The number of nitriles is 1. The maximum atomic E-state index is 11.4. The number of carbonyl (C=O) groups is 1. The summed E-state index contributed by atoms with van der Waals surface area (Å²) in [4.78, 5) is 16.2. The van der Waals surface area contributed by atoms with Crippen molar-refractivity contribution in [2.75, 3.05) is 27.2 Å². The smallest absolute Gasteiger partial charge is 0.302 e. The first-order valence-electron chi connectivity index (χ1n) is 10.3. The van der Waals surface area contributed by atoms with Gasteiger partial charge in [-0.05, 0) is 43.0 Å². The first-order chi connectivity index (χ1) is 14.4. The molecular weight excluding hydrogens is 378 g/mol. The normalized spacial score (nSPS) is 17.1. The molecule has 30 heavy (non-hydrogen) atoms. The lowest BCUT2D eigenvalue weighted by atomic mass is 9.88. The molecule has 4 rings (SSSR count). The largest absolute Gasteiger partial charge is 0.466 e. The average molecular weight is 406 g/mol. The van der Waals surface area contributed by atoms with E-state index in [0.29, 0.717) is 18.6 Å². The number of hydrogen-bond donors (Lipinski definition) is 0. The Morgan fingerprint density at radius 1 is 1.40 bits per heavy atom. The quantitative estimate of drug-likeness (QED) is 0.606. The van der Waals surface area contributed by atoms with E-state index >= 15 is 0 Å². The summed E-state index contributed by atoms with van der Waals surface area (Å²) in [5, 5.41) is 14.5. The summed E-state index contributed by atoms with van der Waals surface area (Å²) in [5.74, 6) is -0.290. The van der Waals surface area contributed by atoms with Gasteiger partial charge in [-0.1, -0.05) is 6.07 Å². The zero-order valence-corrected chi connectivity index (χ0v) is 18.0. The summed E-state index contributed by atoms with van der Waals surface area (Å²) in [5.41, 5.74) is 6.38. The van der Waals surface area contributed by atoms with Crippen molar-refractivity contribution in [3.05, 3.63) is 46.6 Å². The molecule has 156 valence electrons. The van der Waals surface area contributed by atoms with Crippen molar-refractivity contribution in [2.45, 2.75) is 39.2 Å². The van der Waals surface area contributed by atoms with Gasteiger partial charge >= 0.3 is 5.97 Å². The predicted octanol–water partition coefficient (Wildman–Crippen LogP) is 3.39. The Kier molecular flexibility index (Phi) is 5.46. The van der Waals surface area contributed by atoms with Crippen molar-refractivity contribution < 1.29 is 9.53 Å². The van der Waals surface area contributed by atoms with Gasteiger partial charge < -0.3 is 4.74 Å². The highest BCUT2D eigenvalue weighted by molar-refractivity contribution is 5.91. The molecule has 0 radical (unpaired) electrons. The molecule has 1 atom stereocenters. The first kappa shape index (κ1) is 20.3. The molecule has 0 spiro atoms. The van der Waals surface area contributed by atoms with Crippen LogP contribution in [0.5, 0.6) is 0 Å². The second kappa shape index (κ2) is 8.05.